The molecule has 2 N–H and O–H groups in total. The van der Waals surface area contributed by atoms with E-state index in [-0.39, 0.29) is 5.91 Å². The van der Waals surface area contributed by atoms with E-state index in [4.69, 9.17) is 11.6 Å². The SMILES string of the molecule is CC(O)C(C)(C)NC(=O)c1ccncc1Cl. The van der Waals surface area contributed by atoms with E-state index in [1.807, 2.05) is 0 Å². The Morgan fingerprint density at radius 2 is 2.25 bits per heavy atom. The summed E-state index contributed by atoms with van der Waals surface area (Å²) in [5, 5.41) is 12.5. The maximum atomic E-state index is 11.9. The van der Waals surface area contributed by atoms with Gasteiger partial charge < -0.3 is 10.4 Å². The zero-order chi connectivity index (χ0) is 12.3. The molecule has 1 rings (SSSR count). The quantitative estimate of drug-likeness (QED) is 0.847. The second kappa shape index (κ2) is 4.80. The first-order valence-electron chi connectivity index (χ1n) is 4.94. The van der Waals surface area contributed by atoms with Crippen LogP contribution in [-0.2, 0) is 0 Å². The number of nitrogens with zero attached hydrogens (tertiary/aromatic N) is 1. The molecule has 1 aromatic rings. The lowest BCUT2D eigenvalue weighted by Crippen LogP contribution is -2.51. The maximum Gasteiger partial charge on any atom is 0.253 e. The number of pyridine rings is 1. The van der Waals surface area contributed by atoms with Crippen LogP contribution < -0.4 is 5.32 Å². The van der Waals surface area contributed by atoms with Gasteiger partial charge in [-0.2, -0.15) is 0 Å². The maximum absolute atomic E-state index is 11.9. The fourth-order valence-electron chi connectivity index (χ4n) is 1.02. The fraction of sp³-hybridized carbons (Fsp3) is 0.455. The lowest BCUT2D eigenvalue weighted by Gasteiger charge is -2.29. The Morgan fingerprint density at radius 3 is 2.75 bits per heavy atom. The van der Waals surface area contributed by atoms with E-state index in [0.29, 0.717) is 10.6 Å². The molecular weight excluding hydrogens is 228 g/mol. The largest absolute Gasteiger partial charge is 0.391 e. The predicted molar refractivity (Wildman–Crippen MR) is 62.5 cm³/mol. The number of hydrogen-bond donors (Lipinski definition) is 2. The van der Waals surface area contributed by atoms with Crippen molar-refractivity contribution in [1.29, 1.82) is 0 Å². The van der Waals surface area contributed by atoms with Crippen molar-refractivity contribution in [3.05, 3.63) is 29.0 Å². The smallest absolute Gasteiger partial charge is 0.253 e. The van der Waals surface area contributed by atoms with Crippen LogP contribution in [0.15, 0.2) is 18.5 Å². The molecule has 0 aliphatic rings. The Hall–Kier alpha value is -1.13. The van der Waals surface area contributed by atoms with Gasteiger partial charge in [0.1, 0.15) is 0 Å². The van der Waals surface area contributed by atoms with Gasteiger partial charge in [-0.05, 0) is 26.8 Å². The first kappa shape index (κ1) is 12.9. The molecule has 1 atom stereocenters. The van der Waals surface area contributed by atoms with Gasteiger partial charge in [0.05, 0.1) is 22.2 Å². The van der Waals surface area contributed by atoms with E-state index in [2.05, 4.69) is 10.3 Å². The van der Waals surface area contributed by atoms with E-state index >= 15 is 0 Å². The second-order valence-corrected chi connectivity index (χ2v) is 4.61. The van der Waals surface area contributed by atoms with Crippen LogP contribution >= 0.6 is 11.6 Å². The number of carbonyl (C=O) groups excluding carboxylic acids is 1. The standard InChI is InChI=1S/C11H15ClN2O2/c1-7(15)11(2,3)14-10(16)8-4-5-13-6-9(8)12/h4-7,15H,1-3H3,(H,14,16). The van der Waals surface area contributed by atoms with Crippen molar-refractivity contribution < 1.29 is 9.90 Å². The average Bonchev–Trinajstić information content (AvgIpc) is 2.17. The van der Waals surface area contributed by atoms with Gasteiger partial charge in [0.15, 0.2) is 0 Å². The lowest BCUT2D eigenvalue weighted by atomic mass is 9.98. The van der Waals surface area contributed by atoms with Gasteiger partial charge in [0.2, 0.25) is 0 Å². The summed E-state index contributed by atoms with van der Waals surface area (Å²) in [5.41, 5.74) is -0.352. The molecule has 16 heavy (non-hydrogen) atoms. The predicted octanol–water partition coefficient (Wildman–Crippen LogP) is 1.62. The van der Waals surface area contributed by atoms with Gasteiger partial charge in [-0.15, -0.1) is 0 Å². The van der Waals surface area contributed by atoms with Crippen LogP contribution in [0.2, 0.25) is 5.02 Å². The number of rotatable bonds is 3. The zero-order valence-corrected chi connectivity index (χ0v) is 10.2. The minimum Gasteiger partial charge on any atom is -0.391 e. The molecule has 1 heterocycles. The van der Waals surface area contributed by atoms with Crippen molar-refractivity contribution in [1.82, 2.24) is 10.3 Å². The fourth-order valence-corrected chi connectivity index (χ4v) is 1.23. The third-order valence-electron chi connectivity index (χ3n) is 2.50. The number of hydrogen-bond acceptors (Lipinski definition) is 3. The monoisotopic (exact) mass is 242 g/mol. The first-order chi connectivity index (χ1) is 7.34. The van der Waals surface area contributed by atoms with Crippen molar-refractivity contribution in [3.63, 3.8) is 0 Å². The number of aromatic nitrogens is 1. The van der Waals surface area contributed by atoms with E-state index in [1.165, 1.54) is 18.5 Å². The molecule has 0 aliphatic carbocycles. The molecule has 0 aliphatic heterocycles. The summed E-state index contributed by atoms with van der Waals surface area (Å²) in [4.78, 5) is 15.6. The Morgan fingerprint density at radius 1 is 1.62 bits per heavy atom. The highest BCUT2D eigenvalue weighted by Gasteiger charge is 2.27. The number of halogens is 1. The van der Waals surface area contributed by atoms with Gasteiger partial charge in [-0.25, -0.2) is 0 Å². The number of nitrogens with one attached hydrogen (secondary N) is 1. The van der Waals surface area contributed by atoms with Crippen LogP contribution in [0.3, 0.4) is 0 Å². The first-order valence-corrected chi connectivity index (χ1v) is 5.32. The minimum absolute atomic E-state index is 0.293. The number of amides is 1. The summed E-state index contributed by atoms with van der Waals surface area (Å²) < 4.78 is 0. The highest BCUT2D eigenvalue weighted by molar-refractivity contribution is 6.33. The molecule has 0 saturated carbocycles. The molecule has 0 bridgehead atoms. The van der Waals surface area contributed by atoms with Gasteiger partial charge >= 0.3 is 0 Å². The van der Waals surface area contributed by atoms with Gasteiger partial charge in [0.25, 0.3) is 5.91 Å². The zero-order valence-electron chi connectivity index (χ0n) is 9.49. The molecule has 88 valence electrons. The van der Waals surface area contributed by atoms with E-state index in [0.717, 1.165) is 0 Å². The average molecular weight is 243 g/mol. The molecule has 0 fully saturated rings. The van der Waals surface area contributed by atoms with Crippen LogP contribution in [0, 0.1) is 0 Å². The lowest BCUT2D eigenvalue weighted by molar-refractivity contribution is 0.0709. The third kappa shape index (κ3) is 2.93. The highest BCUT2D eigenvalue weighted by Crippen LogP contribution is 2.15. The van der Waals surface area contributed by atoms with Gasteiger partial charge in [-0.3, -0.25) is 9.78 Å². The van der Waals surface area contributed by atoms with E-state index in [1.54, 1.807) is 20.8 Å². The molecule has 1 amide bonds. The summed E-state index contributed by atoms with van der Waals surface area (Å²) in [5.74, 6) is -0.321. The summed E-state index contributed by atoms with van der Waals surface area (Å²) in [6.45, 7) is 5.10. The highest BCUT2D eigenvalue weighted by atomic mass is 35.5. The van der Waals surface area contributed by atoms with Crippen LogP contribution in [-0.4, -0.2) is 27.6 Å². The van der Waals surface area contributed by atoms with Crippen molar-refractivity contribution in [2.75, 3.05) is 0 Å². The van der Waals surface area contributed by atoms with Crippen LogP contribution in [0.4, 0.5) is 0 Å². The van der Waals surface area contributed by atoms with Crippen molar-refractivity contribution in [2.45, 2.75) is 32.4 Å². The van der Waals surface area contributed by atoms with E-state index < -0.39 is 11.6 Å². The molecule has 5 heteroatoms. The van der Waals surface area contributed by atoms with Crippen LogP contribution in [0.25, 0.3) is 0 Å². The summed E-state index contributed by atoms with van der Waals surface area (Å²) in [6.07, 6.45) is 2.25. The molecule has 0 radical (unpaired) electrons. The number of carbonyl (C=O) groups is 1. The number of aliphatic hydroxyl groups excluding tert-OH is 1. The van der Waals surface area contributed by atoms with Gasteiger partial charge in [0, 0.05) is 12.4 Å². The normalized spacial score (nSPS) is 13.3. The molecule has 0 saturated heterocycles. The molecule has 1 aromatic heterocycles. The van der Waals surface area contributed by atoms with Crippen molar-refractivity contribution in [2.24, 2.45) is 0 Å². The Bertz CT molecular complexity index is 391. The molecule has 1 unspecified atom stereocenters. The van der Waals surface area contributed by atoms with Crippen molar-refractivity contribution >= 4 is 17.5 Å². The summed E-state index contributed by atoms with van der Waals surface area (Å²) in [7, 11) is 0. The number of aliphatic hydroxyl groups is 1. The Balaban J connectivity index is 2.85. The molecule has 4 nitrogen and oxygen atoms in total. The minimum atomic E-state index is -0.705. The third-order valence-corrected chi connectivity index (χ3v) is 2.80. The topological polar surface area (TPSA) is 62.2 Å². The Kier molecular flexibility index (Phi) is 3.88. The van der Waals surface area contributed by atoms with Gasteiger partial charge in [-0.1, -0.05) is 11.6 Å². The molecular formula is C11H15ClN2O2. The van der Waals surface area contributed by atoms with Crippen LogP contribution in [0.5, 0.6) is 0 Å². The molecule has 0 aromatic carbocycles. The van der Waals surface area contributed by atoms with E-state index in [9.17, 15) is 9.90 Å². The second-order valence-electron chi connectivity index (χ2n) is 4.21. The summed E-state index contributed by atoms with van der Waals surface area (Å²) in [6, 6.07) is 1.54. The van der Waals surface area contributed by atoms with Crippen molar-refractivity contribution in [3.8, 4) is 0 Å². The molecule has 0 spiro atoms. The summed E-state index contributed by atoms with van der Waals surface area (Å²) >= 11 is 5.84. The Labute approximate surface area is 99.6 Å². The van der Waals surface area contributed by atoms with Crippen LogP contribution in [0.1, 0.15) is 31.1 Å².